The summed E-state index contributed by atoms with van der Waals surface area (Å²) < 4.78 is 8.71. The van der Waals surface area contributed by atoms with Crippen LogP contribution in [-0.4, -0.2) is 38.3 Å². The van der Waals surface area contributed by atoms with Crippen LogP contribution in [-0.2, 0) is 0 Å². The van der Waals surface area contributed by atoms with Crippen molar-refractivity contribution in [2.75, 3.05) is 42.2 Å². The van der Waals surface area contributed by atoms with E-state index in [4.69, 9.17) is 16.3 Å². The second-order valence-electron chi connectivity index (χ2n) is 7.30. The Kier molecular flexibility index (Phi) is 7.45. The van der Waals surface area contributed by atoms with Gasteiger partial charge in [-0.1, -0.05) is 11.6 Å². The van der Waals surface area contributed by atoms with Gasteiger partial charge in [-0.25, -0.2) is 4.98 Å². The molecule has 0 radical (unpaired) electrons. The first-order valence-electron chi connectivity index (χ1n) is 10.1. The van der Waals surface area contributed by atoms with E-state index in [1.165, 1.54) is 18.4 Å². The lowest BCUT2D eigenvalue weighted by atomic mass is 10.0. The predicted octanol–water partition coefficient (Wildman–Crippen LogP) is 5.86. The third-order valence-corrected chi connectivity index (χ3v) is 6.99. The number of piperidine rings is 1. The Morgan fingerprint density at radius 1 is 1.23 bits per heavy atom. The van der Waals surface area contributed by atoms with Crippen molar-refractivity contribution in [1.82, 2.24) is 10.3 Å². The van der Waals surface area contributed by atoms with Gasteiger partial charge in [0.2, 0.25) is 0 Å². The fourth-order valence-corrected chi connectivity index (χ4v) is 5.12. The van der Waals surface area contributed by atoms with E-state index < -0.39 is 0 Å². The average molecular weight is 476 g/mol. The Labute approximate surface area is 196 Å². The molecule has 1 aliphatic heterocycles. The van der Waals surface area contributed by atoms with E-state index in [2.05, 4.69) is 37.4 Å². The van der Waals surface area contributed by atoms with Crippen molar-refractivity contribution in [3.05, 3.63) is 52.3 Å². The number of hydrogen-bond donors (Lipinski definition) is 3. The van der Waals surface area contributed by atoms with Gasteiger partial charge in [0.05, 0.1) is 34.7 Å². The maximum atomic E-state index is 6.62. The lowest BCUT2D eigenvalue weighted by Gasteiger charge is -2.35. The Balaban J connectivity index is 1.53. The standard InChI is InChI=1S/C22H26ClN5OS2/c1-24-15-4-3-9-28(12-15)21-10-16(29-2)5-7-20(21)26-19-8-6-17(11-18(19)23)31-27-22-13-30-14-25-22/h5-8,10-11,13-15,24,26-27H,3-4,9,12H2,1-2H3/t15-/m1/s1. The predicted molar refractivity (Wildman–Crippen MR) is 134 cm³/mol. The van der Waals surface area contributed by atoms with Crippen LogP contribution in [0.15, 0.2) is 52.2 Å². The van der Waals surface area contributed by atoms with Crippen LogP contribution in [0.1, 0.15) is 12.8 Å². The third-order valence-electron chi connectivity index (χ3n) is 5.29. The molecular formula is C22H26ClN5OS2. The minimum absolute atomic E-state index is 0.484. The molecule has 0 unspecified atom stereocenters. The van der Waals surface area contributed by atoms with Crippen LogP contribution in [0.3, 0.4) is 0 Å². The van der Waals surface area contributed by atoms with Crippen molar-refractivity contribution in [2.45, 2.75) is 23.8 Å². The van der Waals surface area contributed by atoms with Gasteiger partial charge in [-0.15, -0.1) is 11.3 Å². The molecule has 9 heteroatoms. The molecule has 1 aliphatic rings. The zero-order valence-electron chi connectivity index (χ0n) is 17.5. The molecule has 6 nitrogen and oxygen atoms in total. The minimum atomic E-state index is 0.484. The van der Waals surface area contributed by atoms with Crippen molar-refractivity contribution in [3.8, 4) is 5.75 Å². The first-order valence-corrected chi connectivity index (χ1v) is 12.3. The number of nitrogens with one attached hydrogen (secondary N) is 3. The van der Waals surface area contributed by atoms with E-state index >= 15 is 0 Å². The number of halogens is 1. The molecule has 1 aromatic heterocycles. The van der Waals surface area contributed by atoms with Gasteiger partial charge in [-0.05, 0) is 62.2 Å². The molecule has 31 heavy (non-hydrogen) atoms. The van der Waals surface area contributed by atoms with E-state index in [9.17, 15) is 0 Å². The molecule has 1 atom stereocenters. The van der Waals surface area contributed by atoms with Crippen LogP contribution >= 0.6 is 34.9 Å². The van der Waals surface area contributed by atoms with Crippen LogP contribution in [0.2, 0.25) is 5.02 Å². The van der Waals surface area contributed by atoms with E-state index in [1.54, 1.807) is 24.0 Å². The highest BCUT2D eigenvalue weighted by molar-refractivity contribution is 8.00. The molecule has 1 fully saturated rings. The summed E-state index contributed by atoms with van der Waals surface area (Å²) in [4.78, 5) is 7.66. The summed E-state index contributed by atoms with van der Waals surface area (Å²) in [5.41, 5.74) is 4.81. The molecule has 3 N–H and O–H groups in total. The number of likely N-dealkylation sites (N-methyl/N-ethyl adjacent to an activating group) is 1. The molecule has 2 aromatic carbocycles. The number of methoxy groups -OCH3 is 1. The van der Waals surface area contributed by atoms with Crippen LogP contribution < -0.4 is 25.0 Å². The second-order valence-corrected chi connectivity index (χ2v) is 9.31. The van der Waals surface area contributed by atoms with Crippen LogP contribution in [0, 0.1) is 0 Å². The van der Waals surface area contributed by atoms with Crippen molar-refractivity contribution >= 4 is 57.8 Å². The normalized spacial score (nSPS) is 16.2. The molecule has 0 aliphatic carbocycles. The highest BCUT2D eigenvalue weighted by Gasteiger charge is 2.21. The molecule has 2 heterocycles. The maximum Gasteiger partial charge on any atom is 0.147 e. The van der Waals surface area contributed by atoms with Gasteiger partial charge < -0.3 is 25.0 Å². The van der Waals surface area contributed by atoms with Gasteiger partial charge in [-0.2, -0.15) is 0 Å². The maximum absolute atomic E-state index is 6.62. The number of nitrogens with zero attached hydrogens (tertiary/aromatic N) is 2. The molecule has 3 aromatic rings. The van der Waals surface area contributed by atoms with Crippen molar-refractivity contribution in [2.24, 2.45) is 0 Å². The summed E-state index contributed by atoms with van der Waals surface area (Å²) in [6.45, 7) is 1.98. The lowest BCUT2D eigenvalue weighted by molar-refractivity contribution is 0.413. The second kappa shape index (κ2) is 10.5. The Morgan fingerprint density at radius 2 is 2.10 bits per heavy atom. The van der Waals surface area contributed by atoms with E-state index in [0.717, 1.165) is 53.0 Å². The van der Waals surface area contributed by atoms with Gasteiger partial charge >= 0.3 is 0 Å². The number of anilines is 4. The summed E-state index contributed by atoms with van der Waals surface area (Å²) in [5.74, 6) is 1.69. The third kappa shape index (κ3) is 5.57. The SMILES string of the molecule is CN[C@@H]1CCCN(c2cc(OC)ccc2Nc2ccc(SNc3cscn3)cc2Cl)C1. The minimum Gasteiger partial charge on any atom is -0.497 e. The summed E-state index contributed by atoms with van der Waals surface area (Å²) in [6.07, 6.45) is 2.35. The highest BCUT2D eigenvalue weighted by atomic mass is 35.5. The fraction of sp³-hybridized carbons (Fsp3) is 0.318. The number of ether oxygens (including phenoxy) is 1. The summed E-state index contributed by atoms with van der Waals surface area (Å²) in [5, 5.41) is 9.57. The van der Waals surface area contributed by atoms with Gasteiger partial charge in [0.1, 0.15) is 11.6 Å². The van der Waals surface area contributed by atoms with Gasteiger partial charge in [0.15, 0.2) is 0 Å². The largest absolute Gasteiger partial charge is 0.497 e. The smallest absolute Gasteiger partial charge is 0.147 e. The van der Waals surface area contributed by atoms with Crippen molar-refractivity contribution in [1.29, 1.82) is 0 Å². The van der Waals surface area contributed by atoms with Crippen molar-refractivity contribution < 1.29 is 4.74 Å². The molecule has 0 saturated carbocycles. The average Bonchev–Trinajstić information content (AvgIpc) is 3.33. The topological polar surface area (TPSA) is 61.5 Å². The van der Waals surface area contributed by atoms with E-state index in [1.807, 2.05) is 36.7 Å². The van der Waals surface area contributed by atoms with Gasteiger partial charge in [-0.3, -0.25) is 0 Å². The molecular weight excluding hydrogens is 450 g/mol. The Morgan fingerprint density at radius 3 is 2.84 bits per heavy atom. The number of hydrogen-bond acceptors (Lipinski definition) is 8. The number of benzene rings is 2. The van der Waals surface area contributed by atoms with Gasteiger partial charge in [0.25, 0.3) is 0 Å². The fourth-order valence-electron chi connectivity index (χ4n) is 3.62. The van der Waals surface area contributed by atoms with Gasteiger partial charge in [0, 0.05) is 35.5 Å². The lowest BCUT2D eigenvalue weighted by Crippen LogP contribution is -2.44. The zero-order chi connectivity index (χ0) is 21.6. The molecule has 164 valence electrons. The molecule has 0 amide bonds. The number of thiazole rings is 1. The summed E-state index contributed by atoms with van der Waals surface area (Å²) in [7, 11) is 3.73. The zero-order valence-corrected chi connectivity index (χ0v) is 19.9. The number of rotatable bonds is 8. The van der Waals surface area contributed by atoms with E-state index in [-0.39, 0.29) is 0 Å². The Hall–Kier alpha value is -2.13. The first kappa shape index (κ1) is 22.1. The highest BCUT2D eigenvalue weighted by Crippen LogP contribution is 2.37. The van der Waals surface area contributed by atoms with Crippen LogP contribution in [0.25, 0.3) is 0 Å². The molecule has 0 bridgehead atoms. The Bertz CT molecular complexity index is 1000. The quantitative estimate of drug-likeness (QED) is 0.353. The summed E-state index contributed by atoms with van der Waals surface area (Å²) >= 11 is 9.67. The van der Waals surface area contributed by atoms with Crippen LogP contribution in [0.5, 0.6) is 5.75 Å². The molecule has 0 spiro atoms. The summed E-state index contributed by atoms with van der Waals surface area (Å²) in [6, 6.07) is 12.6. The number of aromatic nitrogens is 1. The first-order chi connectivity index (χ1) is 15.2. The molecule has 4 rings (SSSR count). The van der Waals surface area contributed by atoms with Crippen LogP contribution in [0.4, 0.5) is 22.9 Å². The van der Waals surface area contributed by atoms with E-state index in [0.29, 0.717) is 11.1 Å². The van der Waals surface area contributed by atoms with Crippen molar-refractivity contribution in [3.63, 3.8) is 0 Å². The monoisotopic (exact) mass is 475 g/mol. The molecule has 1 saturated heterocycles.